The van der Waals surface area contributed by atoms with Crippen molar-refractivity contribution in [2.45, 2.75) is 39.0 Å². The average Bonchev–Trinajstić information content (AvgIpc) is 2.78. The summed E-state index contributed by atoms with van der Waals surface area (Å²) >= 11 is 0. The van der Waals surface area contributed by atoms with Gasteiger partial charge in [-0.25, -0.2) is 0 Å². The Kier molecular flexibility index (Phi) is 2.97. The Balaban J connectivity index is 1.47. The van der Waals surface area contributed by atoms with Crippen molar-refractivity contribution in [3.05, 3.63) is 0 Å². The first-order chi connectivity index (χ1) is 7.82. The minimum absolute atomic E-state index is 0.787. The molecule has 1 N–H and O–H groups in total. The molecule has 2 aliphatic heterocycles. The first kappa shape index (κ1) is 11.0. The number of nitrogens with zero attached hydrogens (tertiary/aromatic N) is 1. The molecule has 0 bridgehead atoms. The van der Waals surface area contributed by atoms with Crippen molar-refractivity contribution in [1.29, 1.82) is 0 Å². The Hall–Kier alpha value is -0.0800. The quantitative estimate of drug-likeness (QED) is 0.787. The van der Waals surface area contributed by atoms with Crippen LogP contribution < -0.4 is 5.32 Å². The van der Waals surface area contributed by atoms with Crippen molar-refractivity contribution in [2.24, 2.45) is 17.3 Å². The van der Waals surface area contributed by atoms with Crippen molar-refractivity contribution in [1.82, 2.24) is 10.2 Å². The third-order valence-electron chi connectivity index (χ3n) is 5.38. The van der Waals surface area contributed by atoms with Gasteiger partial charge < -0.3 is 10.2 Å². The molecule has 1 aliphatic carbocycles. The fourth-order valence-corrected chi connectivity index (χ4v) is 3.95. The molecule has 1 saturated carbocycles. The van der Waals surface area contributed by atoms with Crippen LogP contribution in [-0.4, -0.2) is 37.6 Å². The van der Waals surface area contributed by atoms with Gasteiger partial charge >= 0.3 is 0 Å². The van der Waals surface area contributed by atoms with Crippen molar-refractivity contribution in [2.75, 3.05) is 32.7 Å². The third kappa shape index (κ3) is 2.02. The third-order valence-corrected chi connectivity index (χ3v) is 5.38. The number of hydrogen-bond acceptors (Lipinski definition) is 2. The van der Waals surface area contributed by atoms with Gasteiger partial charge in [-0.3, -0.25) is 0 Å². The summed E-state index contributed by atoms with van der Waals surface area (Å²) in [5, 5.41) is 3.50. The molecular formula is C14H26N2. The minimum Gasteiger partial charge on any atom is -0.317 e. The van der Waals surface area contributed by atoms with E-state index in [1.807, 2.05) is 0 Å². The Labute approximate surface area is 99.8 Å². The second kappa shape index (κ2) is 4.30. The molecule has 0 aromatic carbocycles. The van der Waals surface area contributed by atoms with E-state index < -0.39 is 0 Å². The summed E-state index contributed by atoms with van der Waals surface area (Å²) in [6, 6.07) is 0. The molecule has 0 radical (unpaired) electrons. The summed E-state index contributed by atoms with van der Waals surface area (Å²) < 4.78 is 0. The van der Waals surface area contributed by atoms with E-state index in [2.05, 4.69) is 17.1 Å². The van der Waals surface area contributed by atoms with E-state index in [4.69, 9.17) is 0 Å². The molecule has 3 rings (SSSR count). The number of likely N-dealkylation sites (tertiary alicyclic amines) is 1. The van der Waals surface area contributed by atoms with E-state index in [1.54, 1.807) is 0 Å². The second-order valence-electron chi connectivity index (χ2n) is 6.34. The van der Waals surface area contributed by atoms with Crippen LogP contribution >= 0.6 is 0 Å². The lowest BCUT2D eigenvalue weighted by Gasteiger charge is -2.25. The molecule has 2 heteroatoms. The van der Waals surface area contributed by atoms with Gasteiger partial charge in [0.05, 0.1) is 0 Å². The van der Waals surface area contributed by atoms with Crippen LogP contribution in [0, 0.1) is 17.3 Å². The molecule has 0 amide bonds. The molecule has 16 heavy (non-hydrogen) atoms. The fraction of sp³-hybridized carbons (Fsp3) is 1.00. The highest BCUT2D eigenvalue weighted by molar-refractivity contribution is 5.05. The summed E-state index contributed by atoms with van der Waals surface area (Å²) in [5.74, 6) is 2.05. The summed E-state index contributed by atoms with van der Waals surface area (Å²) in [4.78, 5) is 2.75. The zero-order chi connectivity index (χ0) is 11.0. The minimum atomic E-state index is 0.787. The zero-order valence-corrected chi connectivity index (χ0v) is 10.7. The zero-order valence-electron chi connectivity index (χ0n) is 10.7. The standard InChI is InChI=1S/C14H26N2/c1-2-12-3-8-16(10-12)11-13-9-14(13)4-6-15-7-5-14/h12-13,15H,2-11H2,1H3. The summed E-state index contributed by atoms with van der Waals surface area (Å²) in [6.07, 6.45) is 7.27. The molecular weight excluding hydrogens is 196 g/mol. The maximum atomic E-state index is 3.50. The van der Waals surface area contributed by atoms with Crippen LogP contribution in [-0.2, 0) is 0 Å². The van der Waals surface area contributed by atoms with E-state index in [9.17, 15) is 0 Å². The molecule has 0 aromatic rings. The van der Waals surface area contributed by atoms with Crippen LogP contribution in [0.3, 0.4) is 0 Å². The lowest BCUT2D eigenvalue weighted by molar-refractivity contribution is 0.256. The lowest BCUT2D eigenvalue weighted by atomic mass is 9.92. The molecule has 2 saturated heterocycles. The summed E-state index contributed by atoms with van der Waals surface area (Å²) in [7, 11) is 0. The number of rotatable bonds is 3. The average molecular weight is 222 g/mol. The Morgan fingerprint density at radius 2 is 2.12 bits per heavy atom. The molecule has 2 heterocycles. The van der Waals surface area contributed by atoms with E-state index in [0.717, 1.165) is 17.3 Å². The number of hydrogen-bond donors (Lipinski definition) is 1. The van der Waals surface area contributed by atoms with Crippen LogP contribution in [0.4, 0.5) is 0 Å². The Bertz CT molecular complexity index is 245. The van der Waals surface area contributed by atoms with Crippen LogP contribution in [0.2, 0.25) is 0 Å². The first-order valence-corrected chi connectivity index (χ1v) is 7.25. The predicted molar refractivity (Wildman–Crippen MR) is 67.5 cm³/mol. The van der Waals surface area contributed by atoms with Gasteiger partial charge in [-0.15, -0.1) is 0 Å². The summed E-state index contributed by atoms with van der Waals surface area (Å²) in [5.41, 5.74) is 0.787. The molecule has 2 atom stereocenters. The van der Waals surface area contributed by atoms with Crippen LogP contribution in [0.15, 0.2) is 0 Å². The first-order valence-electron chi connectivity index (χ1n) is 7.25. The molecule has 92 valence electrons. The van der Waals surface area contributed by atoms with Crippen LogP contribution in [0.1, 0.15) is 39.0 Å². The second-order valence-corrected chi connectivity index (χ2v) is 6.34. The van der Waals surface area contributed by atoms with Gasteiger partial charge in [0.15, 0.2) is 0 Å². The maximum absolute atomic E-state index is 3.50. The van der Waals surface area contributed by atoms with E-state index in [0.29, 0.717) is 0 Å². The van der Waals surface area contributed by atoms with Gasteiger partial charge in [0.25, 0.3) is 0 Å². The Morgan fingerprint density at radius 1 is 1.31 bits per heavy atom. The van der Waals surface area contributed by atoms with E-state index >= 15 is 0 Å². The molecule has 3 fully saturated rings. The monoisotopic (exact) mass is 222 g/mol. The fourth-order valence-electron chi connectivity index (χ4n) is 3.95. The highest BCUT2D eigenvalue weighted by Crippen LogP contribution is 2.58. The SMILES string of the molecule is CCC1CCN(CC2CC23CCNCC3)C1. The van der Waals surface area contributed by atoms with Gasteiger partial charge in [-0.1, -0.05) is 13.3 Å². The summed E-state index contributed by atoms with van der Waals surface area (Å²) in [6.45, 7) is 9.07. The van der Waals surface area contributed by atoms with Gasteiger partial charge in [-0.05, 0) is 62.6 Å². The van der Waals surface area contributed by atoms with E-state index in [-0.39, 0.29) is 0 Å². The van der Waals surface area contributed by atoms with Gasteiger partial charge in [0.1, 0.15) is 0 Å². The van der Waals surface area contributed by atoms with Crippen LogP contribution in [0.5, 0.6) is 0 Å². The highest BCUT2D eigenvalue weighted by Gasteiger charge is 2.54. The molecule has 2 unspecified atom stereocenters. The van der Waals surface area contributed by atoms with Crippen LogP contribution in [0.25, 0.3) is 0 Å². The van der Waals surface area contributed by atoms with Crippen molar-refractivity contribution in [3.8, 4) is 0 Å². The smallest absolute Gasteiger partial charge is 0.00153 e. The largest absolute Gasteiger partial charge is 0.317 e. The Morgan fingerprint density at radius 3 is 2.81 bits per heavy atom. The number of nitrogens with one attached hydrogen (secondary N) is 1. The molecule has 0 aromatic heterocycles. The lowest BCUT2D eigenvalue weighted by Crippen LogP contribution is -2.32. The predicted octanol–water partition coefficient (Wildman–Crippen LogP) is 2.11. The van der Waals surface area contributed by atoms with Gasteiger partial charge in [-0.2, -0.15) is 0 Å². The van der Waals surface area contributed by atoms with Gasteiger partial charge in [0, 0.05) is 13.1 Å². The number of piperidine rings is 1. The molecule has 1 spiro atoms. The van der Waals surface area contributed by atoms with Gasteiger partial charge in [0.2, 0.25) is 0 Å². The normalized spacial score (nSPS) is 38.1. The highest BCUT2D eigenvalue weighted by atomic mass is 15.2. The molecule has 3 aliphatic rings. The topological polar surface area (TPSA) is 15.3 Å². The van der Waals surface area contributed by atoms with Crippen molar-refractivity contribution >= 4 is 0 Å². The maximum Gasteiger partial charge on any atom is 0.00153 e. The van der Waals surface area contributed by atoms with Crippen molar-refractivity contribution < 1.29 is 0 Å². The van der Waals surface area contributed by atoms with E-state index in [1.165, 1.54) is 64.8 Å². The molecule has 2 nitrogen and oxygen atoms in total. The van der Waals surface area contributed by atoms with Crippen molar-refractivity contribution in [3.63, 3.8) is 0 Å².